The van der Waals surface area contributed by atoms with Gasteiger partial charge in [-0.25, -0.2) is 15.0 Å². The van der Waals surface area contributed by atoms with Crippen molar-refractivity contribution in [2.24, 2.45) is 0 Å². The number of rotatable bonds is 6. The molecule has 4 nitrogen and oxygen atoms in total. The Balaban J connectivity index is 1.31. The third-order valence-corrected chi connectivity index (χ3v) is 10.3. The lowest BCUT2D eigenvalue weighted by Gasteiger charge is -2.16. The van der Waals surface area contributed by atoms with Gasteiger partial charge >= 0.3 is 18.5 Å². The molecule has 61 heavy (non-hydrogen) atoms. The van der Waals surface area contributed by atoms with E-state index in [1.165, 1.54) is 18.2 Å². The van der Waals surface area contributed by atoms with Gasteiger partial charge in [-0.1, -0.05) is 109 Å². The molecule has 302 valence electrons. The van der Waals surface area contributed by atoms with Gasteiger partial charge < -0.3 is 4.57 Å². The summed E-state index contributed by atoms with van der Waals surface area (Å²) in [6, 6.07) is 41.6. The van der Waals surface area contributed by atoms with Crippen LogP contribution in [0.5, 0.6) is 0 Å². The van der Waals surface area contributed by atoms with E-state index in [1.54, 1.807) is 36.4 Å². The second-order valence-electron chi connectivity index (χ2n) is 14.2. The molecule has 7 aromatic carbocycles. The van der Waals surface area contributed by atoms with Crippen molar-refractivity contribution >= 4 is 21.8 Å². The van der Waals surface area contributed by atoms with Crippen LogP contribution in [0.3, 0.4) is 0 Å². The predicted molar refractivity (Wildman–Crippen MR) is 216 cm³/mol. The maximum atomic E-state index is 13.9. The van der Waals surface area contributed by atoms with Crippen LogP contribution in [-0.2, 0) is 18.5 Å². The summed E-state index contributed by atoms with van der Waals surface area (Å²) in [5.74, 6) is 0.845. The van der Waals surface area contributed by atoms with E-state index in [-0.39, 0.29) is 23.0 Å². The highest BCUT2D eigenvalue weighted by Crippen LogP contribution is 2.42. The van der Waals surface area contributed by atoms with Crippen LogP contribution in [0.15, 0.2) is 164 Å². The Morgan fingerprint density at radius 3 is 1.41 bits per heavy atom. The smallest absolute Gasteiger partial charge is 0.309 e. The molecule has 0 spiro atoms. The third-order valence-electron chi connectivity index (χ3n) is 10.3. The van der Waals surface area contributed by atoms with Crippen molar-refractivity contribution in [1.29, 1.82) is 0 Å². The lowest BCUT2D eigenvalue weighted by molar-refractivity contribution is -0.143. The Labute approximate surface area is 341 Å². The van der Waals surface area contributed by atoms with Gasteiger partial charge in [0.2, 0.25) is 0 Å². The van der Waals surface area contributed by atoms with Gasteiger partial charge in [-0.15, -0.1) is 0 Å². The molecule has 0 amide bonds. The largest absolute Gasteiger partial charge is 0.416 e. The summed E-state index contributed by atoms with van der Waals surface area (Å²) in [6.45, 7) is 0. The number of alkyl halides is 9. The molecule has 0 aliphatic rings. The molecule has 9 aromatic rings. The number of benzene rings is 7. The molecule has 13 heteroatoms. The fraction of sp³-hybridized carbons (Fsp3) is 0.0625. The molecule has 0 N–H and O–H groups in total. The van der Waals surface area contributed by atoms with Gasteiger partial charge in [-0.05, 0) is 76.9 Å². The van der Waals surface area contributed by atoms with Gasteiger partial charge in [0, 0.05) is 33.2 Å². The van der Waals surface area contributed by atoms with Gasteiger partial charge in [-0.2, -0.15) is 39.5 Å². The number of halogens is 9. The third kappa shape index (κ3) is 7.58. The second-order valence-corrected chi connectivity index (χ2v) is 14.2. The minimum Gasteiger partial charge on any atom is -0.309 e. The summed E-state index contributed by atoms with van der Waals surface area (Å²) < 4.78 is 127. The molecule has 0 bridgehead atoms. The monoisotopic (exact) mass is 830 g/mol. The van der Waals surface area contributed by atoms with Crippen LogP contribution in [-0.4, -0.2) is 19.5 Å². The highest BCUT2D eigenvalue weighted by Gasteiger charge is 2.37. The summed E-state index contributed by atoms with van der Waals surface area (Å²) in [5, 5.41) is 1.41. The van der Waals surface area contributed by atoms with Crippen molar-refractivity contribution in [3.63, 3.8) is 0 Å². The Morgan fingerprint density at radius 1 is 0.328 bits per heavy atom. The number of hydrogen-bond donors (Lipinski definition) is 0. The predicted octanol–water partition coefficient (Wildman–Crippen LogP) is 14.4. The van der Waals surface area contributed by atoms with Crippen molar-refractivity contribution in [3.8, 4) is 62.1 Å². The minimum absolute atomic E-state index is 0.0896. The van der Waals surface area contributed by atoms with Crippen LogP contribution in [0.4, 0.5) is 39.5 Å². The molecule has 0 atom stereocenters. The highest BCUT2D eigenvalue weighted by molar-refractivity contribution is 6.10. The fourth-order valence-corrected chi connectivity index (χ4v) is 7.43. The van der Waals surface area contributed by atoms with Gasteiger partial charge in [0.15, 0.2) is 17.5 Å². The van der Waals surface area contributed by atoms with Gasteiger partial charge in [0.05, 0.1) is 27.7 Å². The number of hydrogen-bond acceptors (Lipinski definition) is 3. The maximum absolute atomic E-state index is 13.9. The Hall–Kier alpha value is -7.28. The molecule has 2 aromatic heterocycles. The summed E-state index contributed by atoms with van der Waals surface area (Å²) in [7, 11) is 0. The molecule has 0 fully saturated rings. The van der Waals surface area contributed by atoms with E-state index in [0.717, 1.165) is 17.5 Å². The standard InChI is InChI=1S/C48H27F9N4/c49-46(50,51)33-18-15-28(16-19-33)37-22-20-36(27-40(37)45-59-43(29-9-3-1-4-10-29)58-44(60-45)30-11-5-2-6-12-30)61-41-14-8-7-13-38(41)39-21-17-31(25-42(39)61)32-23-34(47(52,53)54)26-35(24-32)48(55,56)57/h1-27H. The van der Waals surface area contributed by atoms with Crippen LogP contribution >= 0.6 is 0 Å². The molecule has 0 aliphatic heterocycles. The SMILES string of the molecule is FC(F)(F)c1ccc(-c2ccc(-n3c4ccccc4c4ccc(-c5cc(C(F)(F)F)cc(C(F)(F)F)c5)cc43)cc2-c2nc(-c3ccccc3)nc(-c3ccccc3)n2)cc1. The van der Waals surface area contributed by atoms with E-state index in [4.69, 9.17) is 15.0 Å². The van der Waals surface area contributed by atoms with E-state index >= 15 is 0 Å². The first-order valence-corrected chi connectivity index (χ1v) is 18.6. The van der Waals surface area contributed by atoms with Gasteiger partial charge in [0.1, 0.15) is 0 Å². The Bertz CT molecular complexity index is 2990. The maximum Gasteiger partial charge on any atom is 0.416 e. The minimum atomic E-state index is -5.05. The van der Waals surface area contributed by atoms with Crippen LogP contribution in [0, 0.1) is 0 Å². The lowest BCUT2D eigenvalue weighted by Crippen LogP contribution is -2.11. The number of para-hydroxylation sites is 1. The van der Waals surface area contributed by atoms with E-state index in [1.807, 2.05) is 83.4 Å². The summed E-state index contributed by atoms with van der Waals surface area (Å²) in [5.41, 5.74) is 0.376. The lowest BCUT2D eigenvalue weighted by atomic mass is 9.97. The van der Waals surface area contributed by atoms with Crippen molar-refractivity contribution in [2.45, 2.75) is 18.5 Å². The summed E-state index contributed by atoms with van der Waals surface area (Å²) in [4.78, 5) is 14.6. The Morgan fingerprint density at radius 2 is 0.836 bits per heavy atom. The molecular formula is C48H27F9N4. The van der Waals surface area contributed by atoms with Crippen LogP contribution in [0.1, 0.15) is 16.7 Å². The van der Waals surface area contributed by atoms with Gasteiger partial charge in [-0.3, -0.25) is 0 Å². The molecule has 2 heterocycles. The molecule has 0 radical (unpaired) electrons. The van der Waals surface area contributed by atoms with E-state index < -0.39 is 35.2 Å². The molecule has 0 unspecified atom stereocenters. The second kappa shape index (κ2) is 14.8. The highest BCUT2D eigenvalue weighted by atomic mass is 19.4. The van der Waals surface area contributed by atoms with Crippen LogP contribution < -0.4 is 0 Å². The van der Waals surface area contributed by atoms with Crippen molar-refractivity contribution in [3.05, 3.63) is 180 Å². The molecule has 0 aliphatic carbocycles. The van der Waals surface area contributed by atoms with Crippen molar-refractivity contribution in [2.75, 3.05) is 0 Å². The quantitative estimate of drug-likeness (QED) is 0.157. The molecular weight excluding hydrogens is 804 g/mol. The van der Waals surface area contributed by atoms with E-state index in [0.29, 0.717) is 73.7 Å². The summed E-state index contributed by atoms with van der Waals surface area (Å²) >= 11 is 0. The first kappa shape index (κ1) is 39.2. The number of aromatic nitrogens is 4. The van der Waals surface area contributed by atoms with Crippen molar-refractivity contribution < 1.29 is 39.5 Å². The molecule has 0 saturated carbocycles. The zero-order chi connectivity index (χ0) is 42.7. The number of fused-ring (bicyclic) bond motifs is 3. The molecule has 9 rings (SSSR count). The summed E-state index contributed by atoms with van der Waals surface area (Å²) in [6.07, 6.45) is -14.7. The van der Waals surface area contributed by atoms with E-state index in [2.05, 4.69) is 0 Å². The molecule has 0 saturated heterocycles. The fourth-order valence-electron chi connectivity index (χ4n) is 7.43. The first-order chi connectivity index (χ1) is 29.1. The zero-order valence-corrected chi connectivity index (χ0v) is 31.3. The van der Waals surface area contributed by atoms with Crippen LogP contribution in [0.2, 0.25) is 0 Å². The Kier molecular flexibility index (Phi) is 9.49. The van der Waals surface area contributed by atoms with Crippen molar-refractivity contribution in [1.82, 2.24) is 19.5 Å². The van der Waals surface area contributed by atoms with Crippen LogP contribution in [0.25, 0.3) is 83.9 Å². The average molecular weight is 831 g/mol. The normalized spacial score (nSPS) is 12.3. The zero-order valence-electron chi connectivity index (χ0n) is 31.3. The number of nitrogens with zero attached hydrogens (tertiary/aromatic N) is 4. The first-order valence-electron chi connectivity index (χ1n) is 18.6. The van der Waals surface area contributed by atoms with E-state index in [9.17, 15) is 39.5 Å². The average Bonchev–Trinajstić information content (AvgIpc) is 3.59. The van der Waals surface area contributed by atoms with Gasteiger partial charge in [0.25, 0.3) is 0 Å². The topological polar surface area (TPSA) is 43.6 Å².